The first-order chi connectivity index (χ1) is 9.75. The van der Waals surface area contributed by atoms with Crippen LogP contribution in [0.15, 0.2) is 60.8 Å². The van der Waals surface area contributed by atoms with Gasteiger partial charge in [-0.2, -0.15) is 0 Å². The fourth-order valence-electron chi connectivity index (χ4n) is 2.34. The molecule has 1 heterocycles. The van der Waals surface area contributed by atoms with E-state index < -0.39 is 0 Å². The molecule has 1 N–H and O–H groups in total. The van der Waals surface area contributed by atoms with E-state index in [1.807, 2.05) is 67.7 Å². The Morgan fingerprint density at radius 3 is 2.65 bits per heavy atom. The average Bonchev–Trinajstić information content (AvgIpc) is 2.88. The number of rotatable bonds is 3. The summed E-state index contributed by atoms with van der Waals surface area (Å²) in [5, 5.41) is 1.13. The number of hydrogen-bond acceptors (Lipinski definition) is 1. The summed E-state index contributed by atoms with van der Waals surface area (Å²) in [6, 6.07) is 15.7. The molecule has 2 nitrogen and oxygen atoms in total. The predicted octanol–water partition coefficient (Wildman–Crippen LogP) is 4.37. The first-order valence-corrected chi connectivity index (χ1v) is 6.60. The van der Waals surface area contributed by atoms with Crippen LogP contribution in [0.1, 0.15) is 21.5 Å². The van der Waals surface area contributed by atoms with Gasteiger partial charge in [0.2, 0.25) is 0 Å². The van der Waals surface area contributed by atoms with Gasteiger partial charge in [-0.15, -0.1) is 0 Å². The smallest absolute Gasteiger partial charge is 0.186 e. The van der Waals surface area contributed by atoms with Crippen molar-refractivity contribution in [2.45, 2.75) is 6.92 Å². The standard InChI is InChI=1S/C18H15NO/c1-13-6-2-3-7-15(13)18(20)11-10-14-12-19-17-9-5-4-8-16(14)17/h2-12,19H,1H3/b11-10+. The van der Waals surface area contributed by atoms with Gasteiger partial charge in [0.05, 0.1) is 0 Å². The average molecular weight is 261 g/mol. The number of ketones is 1. The maximum Gasteiger partial charge on any atom is 0.186 e. The molecule has 0 fully saturated rings. The number of carbonyl (C=O) groups is 1. The number of nitrogens with one attached hydrogen (secondary N) is 1. The zero-order chi connectivity index (χ0) is 13.9. The lowest BCUT2D eigenvalue weighted by atomic mass is 10.0. The number of carbonyl (C=O) groups excluding carboxylic acids is 1. The molecule has 0 aliphatic carbocycles. The van der Waals surface area contributed by atoms with Crippen molar-refractivity contribution in [2.75, 3.05) is 0 Å². The van der Waals surface area contributed by atoms with Gasteiger partial charge in [0.25, 0.3) is 0 Å². The molecule has 0 unspecified atom stereocenters. The molecule has 0 spiro atoms. The van der Waals surface area contributed by atoms with Crippen molar-refractivity contribution >= 4 is 22.8 Å². The highest BCUT2D eigenvalue weighted by atomic mass is 16.1. The highest BCUT2D eigenvalue weighted by Gasteiger charge is 2.05. The van der Waals surface area contributed by atoms with Crippen LogP contribution < -0.4 is 0 Å². The Morgan fingerprint density at radius 2 is 1.80 bits per heavy atom. The second-order valence-corrected chi connectivity index (χ2v) is 4.80. The Kier molecular flexibility index (Phi) is 3.21. The summed E-state index contributed by atoms with van der Waals surface area (Å²) < 4.78 is 0. The normalized spacial score (nSPS) is 11.2. The summed E-state index contributed by atoms with van der Waals surface area (Å²) in [6.07, 6.45) is 5.43. The lowest BCUT2D eigenvalue weighted by Gasteiger charge is -1.99. The van der Waals surface area contributed by atoms with Crippen molar-refractivity contribution in [1.82, 2.24) is 4.98 Å². The van der Waals surface area contributed by atoms with Gasteiger partial charge in [0.1, 0.15) is 0 Å². The minimum Gasteiger partial charge on any atom is -0.361 e. The second-order valence-electron chi connectivity index (χ2n) is 4.80. The Hall–Kier alpha value is -2.61. The molecule has 1 aromatic heterocycles. The number of aromatic amines is 1. The summed E-state index contributed by atoms with van der Waals surface area (Å²) in [5.41, 5.74) is 3.86. The molecule has 0 aliphatic heterocycles. The molecular formula is C18H15NO. The number of H-pyrrole nitrogens is 1. The van der Waals surface area contributed by atoms with Crippen molar-refractivity contribution in [2.24, 2.45) is 0 Å². The van der Waals surface area contributed by atoms with E-state index in [2.05, 4.69) is 4.98 Å². The van der Waals surface area contributed by atoms with E-state index in [4.69, 9.17) is 0 Å². The molecule has 3 rings (SSSR count). The number of fused-ring (bicyclic) bond motifs is 1. The fraction of sp³-hybridized carbons (Fsp3) is 0.0556. The van der Waals surface area contributed by atoms with Crippen molar-refractivity contribution < 1.29 is 4.79 Å². The topological polar surface area (TPSA) is 32.9 Å². The van der Waals surface area contributed by atoms with Crippen LogP contribution in [0.3, 0.4) is 0 Å². The van der Waals surface area contributed by atoms with Gasteiger partial charge in [0.15, 0.2) is 5.78 Å². The molecular weight excluding hydrogens is 246 g/mol. The molecule has 0 aliphatic rings. The van der Waals surface area contributed by atoms with Crippen LogP contribution in [0.25, 0.3) is 17.0 Å². The summed E-state index contributed by atoms with van der Waals surface area (Å²) in [7, 11) is 0. The van der Waals surface area contributed by atoms with E-state index in [-0.39, 0.29) is 5.78 Å². The summed E-state index contributed by atoms with van der Waals surface area (Å²) in [5.74, 6) is 0.0355. The monoisotopic (exact) mass is 261 g/mol. The molecule has 2 aromatic carbocycles. The first kappa shape index (κ1) is 12.4. The fourth-order valence-corrected chi connectivity index (χ4v) is 2.34. The number of allylic oxidation sites excluding steroid dienone is 1. The van der Waals surface area contributed by atoms with Gasteiger partial charge < -0.3 is 4.98 Å². The summed E-state index contributed by atoms with van der Waals surface area (Å²) >= 11 is 0. The lowest BCUT2D eigenvalue weighted by molar-refractivity contribution is 0.104. The molecule has 0 bridgehead atoms. The summed E-state index contributed by atoms with van der Waals surface area (Å²) in [4.78, 5) is 15.4. The zero-order valence-corrected chi connectivity index (χ0v) is 11.3. The Morgan fingerprint density at radius 1 is 1.05 bits per heavy atom. The van der Waals surface area contributed by atoms with Gasteiger partial charge in [-0.3, -0.25) is 4.79 Å². The maximum absolute atomic E-state index is 12.2. The quantitative estimate of drug-likeness (QED) is 0.551. The van der Waals surface area contributed by atoms with Crippen molar-refractivity contribution in [3.63, 3.8) is 0 Å². The van der Waals surface area contributed by atoms with Crippen LogP contribution in [0.4, 0.5) is 0 Å². The van der Waals surface area contributed by atoms with Crippen LogP contribution in [0, 0.1) is 6.92 Å². The van der Waals surface area contributed by atoms with Gasteiger partial charge in [-0.05, 0) is 36.3 Å². The minimum absolute atomic E-state index is 0.0355. The molecule has 98 valence electrons. The Bertz CT molecular complexity index is 796. The Balaban J connectivity index is 1.91. The SMILES string of the molecule is Cc1ccccc1C(=O)/C=C/c1c[nH]c2ccccc12. The third-order valence-electron chi connectivity index (χ3n) is 3.45. The molecule has 20 heavy (non-hydrogen) atoms. The van der Waals surface area contributed by atoms with E-state index in [0.717, 1.165) is 27.6 Å². The largest absolute Gasteiger partial charge is 0.361 e. The van der Waals surface area contributed by atoms with Gasteiger partial charge in [-0.1, -0.05) is 42.5 Å². The minimum atomic E-state index is 0.0355. The number of hydrogen-bond donors (Lipinski definition) is 1. The van der Waals surface area contributed by atoms with E-state index in [9.17, 15) is 4.79 Å². The number of aromatic nitrogens is 1. The molecule has 0 amide bonds. The highest BCUT2D eigenvalue weighted by Crippen LogP contribution is 2.19. The van der Waals surface area contributed by atoms with Crippen molar-refractivity contribution in [3.8, 4) is 0 Å². The van der Waals surface area contributed by atoms with E-state index in [1.165, 1.54) is 0 Å². The van der Waals surface area contributed by atoms with E-state index in [1.54, 1.807) is 6.08 Å². The zero-order valence-electron chi connectivity index (χ0n) is 11.3. The predicted molar refractivity (Wildman–Crippen MR) is 82.8 cm³/mol. The van der Waals surface area contributed by atoms with Gasteiger partial charge in [0, 0.05) is 22.7 Å². The molecule has 0 saturated carbocycles. The van der Waals surface area contributed by atoms with Crippen LogP contribution >= 0.6 is 0 Å². The van der Waals surface area contributed by atoms with Crippen molar-refractivity contribution in [3.05, 3.63) is 77.5 Å². The number of benzene rings is 2. The molecule has 2 heteroatoms. The molecule has 0 atom stereocenters. The Labute approximate surface area is 117 Å². The van der Waals surface area contributed by atoms with Crippen LogP contribution in [0.2, 0.25) is 0 Å². The van der Waals surface area contributed by atoms with E-state index >= 15 is 0 Å². The van der Waals surface area contributed by atoms with Crippen molar-refractivity contribution in [1.29, 1.82) is 0 Å². The number of para-hydroxylation sites is 1. The highest BCUT2D eigenvalue weighted by molar-refractivity contribution is 6.08. The molecule has 0 saturated heterocycles. The lowest BCUT2D eigenvalue weighted by Crippen LogP contribution is -1.96. The van der Waals surface area contributed by atoms with Gasteiger partial charge >= 0.3 is 0 Å². The third kappa shape index (κ3) is 2.28. The second kappa shape index (κ2) is 5.17. The summed E-state index contributed by atoms with van der Waals surface area (Å²) in [6.45, 7) is 1.95. The first-order valence-electron chi connectivity index (χ1n) is 6.60. The van der Waals surface area contributed by atoms with Gasteiger partial charge in [-0.25, -0.2) is 0 Å². The van der Waals surface area contributed by atoms with Crippen LogP contribution in [-0.2, 0) is 0 Å². The third-order valence-corrected chi connectivity index (χ3v) is 3.45. The maximum atomic E-state index is 12.2. The van der Waals surface area contributed by atoms with Crippen LogP contribution in [-0.4, -0.2) is 10.8 Å². The van der Waals surface area contributed by atoms with E-state index in [0.29, 0.717) is 0 Å². The number of aryl methyl sites for hydroxylation is 1. The molecule has 0 radical (unpaired) electrons. The molecule has 3 aromatic rings. The van der Waals surface area contributed by atoms with Crippen LogP contribution in [0.5, 0.6) is 0 Å².